The van der Waals surface area contributed by atoms with Crippen molar-refractivity contribution in [2.45, 2.75) is 44.6 Å². The van der Waals surface area contributed by atoms with E-state index >= 15 is 0 Å². The Balaban J connectivity index is 1.39. The maximum absolute atomic E-state index is 12.8. The molecule has 1 N–H and O–H groups in total. The highest BCUT2D eigenvalue weighted by molar-refractivity contribution is 6.08. The molecule has 2 amide bonds. The van der Waals surface area contributed by atoms with Gasteiger partial charge in [-0.2, -0.15) is 0 Å². The van der Waals surface area contributed by atoms with Crippen LogP contribution in [0.2, 0.25) is 0 Å². The van der Waals surface area contributed by atoms with Gasteiger partial charge in [0.05, 0.1) is 11.3 Å². The van der Waals surface area contributed by atoms with E-state index < -0.39 is 5.97 Å². The number of carbonyl (C=O) groups is 3. The van der Waals surface area contributed by atoms with E-state index in [-0.39, 0.29) is 30.0 Å². The lowest BCUT2D eigenvalue weighted by molar-refractivity contribution is -0.140. The summed E-state index contributed by atoms with van der Waals surface area (Å²) in [7, 11) is 0. The minimum Gasteiger partial charge on any atom is -0.452 e. The Hall–Kier alpha value is -3.15. The number of esters is 1. The minimum atomic E-state index is -0.616. The van der Waals surface area contributed by atoms with E-state index in [1.54, 1.807) is 48.5 Å². The highest BCUT2D eigenvalue weighted by Crippen LogP contribution is 2.35. The summed E-state index contributed by atoms with van der Waals surface area (Å²) in [5.41, 5.74) is 1.08. The molecule has 2 aromatic rings. The number of hydrogen-bond acceptors (Lipinski definition) is 4. The smallest absolute Gasteiger partial charge is 0.340 e. The lowest BCUT2D eigenvalue weighted by Crippen LogP contribution is -2.50. The summed E-state index contributed by atoms with van der Waals surface area (Å²) in [5.74, 6) is -0.477. The molecule has 1 saturated carbocycles. The molecule has 2 atom stereocenters. The number of benzene rings is 2. The zero-order valence-corrected chi connectivity index (χ0v) is 17.6. The Kier molecular flexibility index (Phi) is 6.65. The summed E-state index contributed by atoms with van der Waals surface area (Å²) in [5, 5.41) is 2.76. The van der Waals surface area contributed by atoms with E-state index in [0.717, 1.165) is 25.8 Å². The summed E-state index contributed by atoms with van der Waals surface area (Å²) in [6.45, 7) is 0.463. The van der Waals surface area contributed by atoms with E-state index in [1.165, 1.54) is 19.3 Å². The highest BCUT2D eigenvalue weighted by atomic mass is 16.5. The fraction of sp³-hybridized carbons (Fsp3) is 0.400. The molecule has 1 aliphatic carbocycles. The first kappa shape index (κ1) is 21.1. The summed E-state index contributed by atoms with van der Waals surface area (Å²) >= 11 is 0. The number of nitrogens with one attached hydrogen (secondary N) is 1. The number of anilines is 1. The quantitative estimate of drug-likeness (QED) is 0.733. The van der Waals surface area contributed by atoms with Gasteiger partial charge in [-0.05, 0) is 55.9 Å². The number of nitrogens with zero attached hydrogens (tertiary/aromatic N) is 1. The van der Waals surface area contributed by atoms with Crippen LogP contribution in [0, 0.1) is 5.92 Å². The predicted octanol–water partition coefficient (Wildman–Crippen LogP) is 4.28. The van der Waals surface area contributed by atoms with Crippen molar-refractivity contribution >= 4 is 23.5 Å². The number of carbonyl (C=O) groups excluding carboxylic acids is 3. The summed E-state index contributed by atoms with van der Waals surface area (Å²) in [6, 6.07) is 15.7. The van der Waals surface area contributed by atoms with Gasteiger partial charge in [0.1, 0.15) is 0 Å². The second-order valence-electron chi connectivity index (χ2n) is 8.28. The Labute approximate surface area is 182 Å². The third-order valence-electron chi connectivity index (χ3n) is 6.32. The molecule has 4 rings (SSSR count). The van der Waals surface area contributed by atoms with E-state index in [9.17, 15) is 14.4 Å². The molecule has 2 fully saturated rings. The summed E-state index contributed by atoms with van der Waals surface area (Å²) in [4.78, 5) is 39.9. The molecule has 2 aliphatic rings. The van der Waals surface area contributed by atoms with Gasteiger partial charge in [0.15, 0.2) is 6.61 Å². The van der Waals surface area contributed by atoms with Crippen molar-refractivity contribution in [3.05, 3.63) is 65.7 Å². The van der Waals surface area contributed by atoms with Crippen LogP contribution in [0.1, 0.15) is 59.2 Å². The van der Waals surface area contributed by atoms with Crippen molar-refractivity contribution < 1.29 is 19.1 Å². The van der Waals surface area contributed by atoms with Crippen molar-refractivity contribution in [2.24, 2.45) is 5.92 Å². The number of piperidine rings is 1. The molecule has 1 saturated heterocycles. The summed E-state index contributed by atoms with van der Waals surface area (Å²) in [6.07, 6.45) is 6.81. The van der Waals surface area contributed by atoms with E-state index in [1.807, 2.05) is 11.0 Å². The highest BCUT2D eigenvalue weighted by Gasteiger charge is 2.35. The Morgan fingerprint density at radius 1 is 0.903 bits per heavy atom. The van der Waals surface area contributed by atoms with E-state index in [4.69, 9.17) is 4.74 Å². The van der Waals surface area contributed by atoms with Crippen LogP contribution in [0.15, 0.2) is 54.6 Å². The second kappa shape index (κ2) is 9.77. The Bertz CT molecular complexity index is 942. The van der Waals surface area contributed by atoms with Crippen molar-refractivity contribution in [3.8, 4) is 0 Å². The SMILES string of the molecule is O=C(Nc1ccccc1C(=O)OCC(=O)N1CCC[C@@H]2CCCC[C@H]21)c1ccccc1. The maximum Gasteiger partial charge on any atom is 0.340 e. The minimum absolute atomic E-state index is 0.129. The van der Waals surface area contributed by atoms with E-state index in [0.29, 0.717) is 17.2 Å². The van der Waals surface area contributed by atoms with Crippen molar-refractivity contribution in [1.82, 2.24) is 4.90 Å². The molecule has 0 aromatic heterocycles. The number of hydrogen-bond donors (Lipinski definition) is 1. The van der Waals surface area contributed by atoms with Crippen molar-refractivity contribution in [2.75, 3.05) is 18.5 Å². The van der Waals surface area contributed by atoms with Crippen LogP contribution in [-0.4, -0.2) is 41.9 Å². The first-order chi connectivity index (χ1) is 15.1. The molecule has 1 heterocycles. The standard InChI is InChI=1S/C25H28N2O4/c28-23(27-16-8-12-18-9-4-7-15-22(18)27)17-31-25(30)20-13-5-6-14-21(20)26-24(29)19-10-2-1-3-11-19/h1-3,5-6,10-11,13-14,18,22H,4,7-9,12,15-17H2,(H,26,29)/t18-,22+/m0/s1. The fourth-order valence-electron chi connectivity index (χ4n) is 4.78. The maximum atomic E-state index is 12.8. The lowest BCUT2D eigenvalue weighted by Gasteiger charge is -2.44. The molecule has 0 unspecified atom stereocenters. The Morgan fingerprint density at radius 2 is 1.61 bits per heavy atom. The Morgan fingerprint density at radius 3 is 2.45 bits per heavy atom. The van der Waals surface area contributed by atoms with Gasteiger partial charge >= 0.3 is 5.97 Å². The van der Waals surface area contributed by atoms with Gasteiger partial charge in [0.25, 0.3) is 11.8 Å². The predicted molar refractivity (Wildman–Crippen MR) is 118 cm³/mol. The molecule has 31 heavy (non-hydrogen) atoms. The zero-order chi connectivity index (χ0) is 21.6. The molecule has 0 radical (unpaired) electrons. The zero-order valence-electron chi connectivity index (χ0n) is 17.6. The van der Waals surface area contributed by atoms with Crippen LogP contribution in [0.25, 0.3) is 0 Å². The van der Waals surface area contributed by atoms with Crippen LogP contribution in [-0.2, 0) is 9.53 Å². The van der Waals surface area contributed by atoms with Gasteiger partial charge in [-0.15, -0.1) is 0 Å². The topological polar surface area (TPSA) is 75.7 Å². The third kappa shape index (κ3) is 4.95. The van der Waals surface area contributed by atoms with Gasteiger partial charge in [0, 0.05) is 18.2 Å². The molecular weight excluding hydrogens is 392 g/mol. The van der Waals surface area contributed by atoms with Gasteiger partial charge in [-0.1, -0.05) is 43.2 Å². The van der Waals surface area contributed by atoms with Crippen LogP contribution in [0.3, 0.4) is 0 Å². The van der Waals surface area contributed by atoms with Crippen LogP contribution in [0.4, 0.5) is 5.69 Å². The lowest BCUT2D eigenvalue weighted by atomic mass is 9.78. The fourth-order valence-corrected chi connectivity index (χ4v) is 4.78. The average molecular weight is 421 g/mol. The number of fused-ring (bicyclic) bond motifs is 1. The van der Waals surface area contributed by atoms with Gasteiger partial charge in [0.2, 0.25) is 0 Å². The molecule has 0 spiro atoms. The van der Waals surface area contributed by atoms with E-state index in [2.05, 4.69) is 5.32 Å². The van der Waals surface area contributed by atoms with Gasteiger partial charge in [-0.25, -0.2) is 4.79 Å². The third-order valence-corrected chi connectivity index (χ3v) is 6.32. The molecule has 6 nitrogen and oxygen atoms in total. The first-order valence-corrected chi connectivity index (χ1v) is 11.1. The number of amides is 2. The van der Waals surface area contributed by atoms with Crippen molar-refractivity contribution in [3.63, 3.8) is 0 Å². The van der Waals surface area contributed by atoms with Crippen LogP contribution < -0.4 is 5.32 Å². The second-order valence-corrected chi connectivity index (χ2v) is 8.28. The normalized spacial score (nSPS) is 20.5. The van der Waals surface area contributed by atoms with Gasteiger partial charge in [-0.3, -0.25) is 9.59 Å². The molecule has 1 aliphatic heterocycles. The molecular formula is C25H28N2O4. The monoisotopic (exact) mass is 420 g/mol. The number of rotatable bonds is 5. The molecule has 0 bridgehead atoms. The number of ether oxygens (including phenoxy) is 1. The van der Waals surface area contributed by atoms with Crippen LogP contribution in [0.5, 0.6) is 0 Å². The van der Waals surface area contributed by atoms with Gasteiger partial charge < -0.3 is 15.0 Å². The first-order valence-electron chi connectivity index (χ1n) is 11.1. The summed E-state index contributed by atoms with van der Waals surface area (Å²) < 4.78 is 5.37. The number of para-hydroxylation sites is 1. The number of likely N-dealkylation sites (tertiary alicyclic amines) is 1. The molecule has 2 aromatic carbocycles. The molecule has 6 heteroatoms. The van der Waals surface area contributed by atoms with Crippen LogP contribution >= 0.6 is 0 Å². The van der Waals surface area contributed by atoms with Crippen molar-refractivity contribution in [1.29, 1.82) is 0 Å². The largest absolute Gasteiger partial charge is 0.452 e. The average Bonchev–Trinajstić information content (AvgIpc) is 2.83. The molecule has 162 valence electrons.